The molecule has 0 aromatic carbocycles. The molecule has 0 radical (unpaired) electrons. The molecule has 19 heavy (non-hydrogen) atoms. The summed E-state index contributed by atoms with van der Waals surface area (Å²) < 4.78 is 26.1. The molecule has 0 saturated heterocycles. The Morgan fingerprint density at radius 1 is 1.53 bits per heavy atom. The third-order valence-electron chi connectivity index (χ3n) is 3.07. The van der Waals surface area contributed by atoms with E-state index in [4.69, 9.17) is 0 Å². The molecule has 1 aromatic rings. The molecule has 1 fully saturated rings. The number of nitrogens with one attached hydrogen (secondary N) is 1. The number of sulfonamides is 1. The van der Waals surface area contributed by atoms with Gasteiger partial charge in [-0.3, -0.25) is 0 Å². The van der Waals surface area contributed by atoms with E-state index in [1.54, 1.807) is 19.2 Å². The molecule has 0 spiro atoms. The highest BCUT2D eigenvalue weighted by molar-refractivity contribution is 7.91. The fourth-order valence-corrected chi connectivity index (χ4v) is 4.46. The molecule has 0 amide bonds. The Kier molecular flexibility index (Phi) is 4.78. The molecule has 0 bridgehead atoms. The average molecular weight is 300 g/mol. The minimum absolute atomic E-state index is 0.332. The van der Waals surface area contributed by atoms with Crippen LogP contribution in [0.25, 0.3) is 0 Å². The summed E-state index contributed by atoms with van der Waals surface area (Å²) in [6, 6.07) is 4.31. The second kappa shape index (κ2) is 6.17. The summed E-state index contributed by atoms with van der Waals surface area (Å²) in [5, 5.41) is 3.43. The van der Waals surface area contributed by atoms with Gasteiger partial charge in [0.1, 0.15) is 4.21 Å². The monoisotopic (exact) mass is 300 g/mol. The van der Waals surface area contributed by atoms with Gasteiger partial charge in [0.05, 0.1) is 0 Å². The Bertz CT molecular complexity index is 533. The first-order valence-corrected chi connectivity index (χ1v) is 8.69. The van der Waals surface area contributed by atoms with Crippen molar-refractivity contribution in [2.24, 2.45) is 0 Å². The van der Waals surface area contributed by atoms with Crippen LogP contribution in [0.1, 0.15) is 17.7 Å². The molecule has 1 aromatic heterocycles. The maximum atomic E-state index is 12.2. The van der Waals surface area contributed by atoms with Crippen LogP contribution >= 0.6 is 11.3 Å². The zero-order valence-corrected chi connectivity index (χ0v) is 12.8. The van der Waals surface area contributed by atoms with Crippen LogP contribution in [0.3, 0.4) is 0 Å². The summed E-state index contributed by atoms with van der Waals surface area (Å²) >= 11 is 1.36. The Morgan fingerprint density at radius 2 is 2.26 bits per heavy atom. The van der Waals surface area contributed by atoms with E-state index < -0.39 is 10.0 Å². The van der Waals surface area contributed by atoms with Crippen molar-refractivity contribution in [1.82, 2.24) is 9.62 Å². The van der Waals surface area contributed by atoms with E-state index in [0.29, 0.717) is 16.8 Å². The van der Waals surface area contributed by atoms with E-state index in [1.165, 1.54) is 28.5 Å². The molecular formula is C13H20N2O2S2. The van der Waals surface area contributed by atoms with Crippen LogP contribution in [0, 0.1) is 0 Å². The highest BCUT2D eigenvalue weighted by Gasteiger charge is 2.22. The summed E-state index contributed by atoms with van der Waals surface area (Å²) in [4.78, 5) is 1.11. The van der Waals surface area contributed by atoms with Gasteiger partial charge in [-0.1, -0.05) is 6.08 Å². The molecule has 0 unspecified atom stereocenters. The van der Waals surface area contributed by atoms with Gasteiger partial charge in [0, 0.05) is 31.1 Å². The highest BCUT2D eigenvalue weighted by Crippen LogP contribution is 2.25. The van der Waals surface area contributed by atoms with E-state index in [2.05, 4.69) is 11.9 Å². The smallest absolute Gasteiger partial charge is 0.252 e. The summed E-state index contributed by atoms with van der Waals surface area (Å²) in [6.07, 6.45) is 5.03. The van der Waals surface area contributed by atoms with Crippen LogP contribution in [0.15, 0.2) is 29.0 Å². The Balaban J connectivity index is 1.96. The van der Waals surface area contributed by atoms with Gasteiger partial charge in [-0.2, -0.15) is 4.31 Å². The first-order valence-electron chi connectivity index (χ1n) is 6.43. The molecular weight excluding hydrogens is 280 g/mol. The van der Waals surface area contributed by atoms with Crippen molar-refractivity contribution in [2.75, 3.05) is 20.1 Å². The normalized spacial score (nSPS) is 15.9. The average Bonchev–Trinajstić information content (AvgIpc) is 3.05. The first-order chi connectivity index (χ1) is 9.04. The third kappa shape index (κ3) is 3.89. The van der Waals surface area contributed by atoms with Crippen molar-refractivity contribution >= 4 is 21.4 Å². The summed E-state index contributed by atoms with van der Waals surface area (Å²) in [5.74, 6) is 0. The van der Waals surface area contributed by atoms with E-state index in [9.17, 15) is 8.42 Å². The van der Waals surface area contributed by atoms with Crippen molar-refractivity contribution in [3.05, 3.63) is 29.7 Å². The van der Waals surface area contributed by atoms with Crippen molar-refractivity contribution in [3.8, 4) is 0 Å². The molecule has 6 heteroatoms. The Hall–Kier alpha value is -0.690. The zero-order valence-electron chi connectivity index (χ0n) is 11.1. The number of rotatable bonds is 8. The maximum absolute atomic E-state index is 12.2. The topological polar surface area (TPSA) is 49.4 Å². The van der Waals surface area contributed by atoms with Gasteiger partial charge in [0.2, 0.25) is 0 Å². The molecule has 1 saturated carbocycles. The lowest BCUT2D eigenvalue weighted by molar-refractivity contribution is 0.501. The van der Waals surface area contributed by atoms with Crippen LogP contribution in [0.4, 0.5) is 0 Å². The molecule has 106 valence electrons. The zero-order chi connectivity index (χ0) is 13.9. The highest BCUT2D eigenvalue weighted by atomic mass is 32.2. The van der Waals surface area contributed by atoms with E-state index in [0.717, 1.165) is 17.8 Å². The number of likely N-dealkylation sites (N-methyl/N-ethyl adjacent to an activating group) is 1. The van der Waals surface area contributed by atoms with E-state index >= 15 is 0 Å². The Labute approximate surface area is 119 Å². The largest absolute Gasteiger partial charge is 0.314 e. The fourth-order valence-electron chi connectivity index (χ4n) is 1.75. The third-order valence-corrected chi connectivity index (χ3v) is 6.51. The first kappa shape index (κ1) is 14.7. The van der Waals surface area contributed by atoms with Crippen LogP contribution < -0.4 is 5.32 Å². The van der Waals surface area contributed by atoms with Crippen molar-refractivity contribution in [1.29, 1.82) is 0 Å². The van der Waals surface area contributed by atoms with E-state index in [1.807, 2.05) is 6.07 Å². The molecule has 4 nitrogen and oxygen atoms in total. The molecule has 1 aliphatic rings. The minimum Gasteiger partial charge on any atom is -0.314 e. The van der Waals surface area contributed by atoms with Gasteiger partial charge < -0.3 is 5.32 Å². The lowest BCUT2D eigenvalue weighted by Gasteiger charge is -2.13. The lowest BCUT2D eigenvalue weighted by Crippen LogP contribution is -2.26. The van der Waals surface area contributed by atoms with Gasteiger partial charge in [0.25, 0.3) is 10.0 Å². The fraction of sp³-hybridized carbons (Fsp3) is 0.538. The van der Waals surface area contributed by atoms with Gasteiger partial charge in [-0.15, -0.1) is 17.9 Å². The van der Waals surface area contributed by atoms with Crippen LogP contribution in [0.5, 0.6) is 0 Å². The van der Waals surface area contributed by atoms with Crippen LogP contribution in [0.2, 0.25) is 0 Å². The molecule has 1 N–H and O–H groups in total. The lowest BCUT2D eigenvalue weighted by atomic mass is 10.3. The number of nitrogens with zero attached hydrogens (tertiary/aromatic N) is 1. The van der Waals surface area contributed by atoms with Gasteiger partial charge in [-0.25, -0.2) is 8.42 Å². The molecule has 0 aliphatic heterocycles. The standard InChI is InChI=1S/C13H20N2O2S2/c1-3-10-15(2)19(16,17)13-7-6-12(18-13)8-9-14-11-4-5-11/h3,6-7,11,14H,1,4-5,8-10H2,2H3. The SMILES string of the molecule is C=CCN(C)S(=O)(=O)c1ccc(CCNC2CC2)s1. The minimum atomic E-state index is -3.35. The quantitative estimate of drug-likeness (QED) is 0.745. The summed E-state index contributed by atoms with van der Waals surface area (Å²) in [7, 11) is -1.77. The predicted molar refractivity (Wildman–Crippen MR) is 79.1 cm³/mol. The summed E-state index contributed by atoms with van der Waals surface area (Å²) in [6.45, 7) is 4.82. The van der Waals surface area contributed by atoms with Gasteiger partial charge in [-0.05, 0) is 31.4 Å². The molecule has 0 atom stereocenters. The van der Waals surface area contributed by atoms with Crippen molar-refractivity contribution < 1.29 is 8.42 Å². The van der Waals surface area contributed by atoms with Crippen molar-refractivity contribution in [2.45, 2.75) is 29.5 Å². The number of hydrogen-bond acceptors (Lipinski definition) is 4. The maximum Gasteiger partial charge on any atom is 0.252 e. The van der Waals surface area contributed by atoms with Crippen LogP contribution in [-0.2, 0) is 16.4 Å². The molecule has 1 heterocycles. The van der Waals surface area contributed by atoms with Crippen molar-refractivity contribution in [3.63, 3.8) is 0 Å². The number of hydrogen-bond donors (Lipinski definition) is 1. The second-order valence-electron chi connectivity index (χ2n) is 4.77. The molecule has 1 aliphatic carbocycles. The van der Waals surface area contributed by atoms with E-state index in [-0.39, 0.29) is 0 Å². The predicted octanol–water partition coefficient (Wildman–Crippen LogP) is 1.85. The number of thiophene rings is 1. The summed E-state index contributed by atoms with van der Waals surface area (Å²) in [5.41, 5.74) is 0. The van der Waals surface area contributed by atoms with Gasteiger partial charge in [0.15, 0.2) is 0 Å². The molecule has 2 rings (SSSR count). The van der Waals surface area contributed by atoms with Crippen LogP contribution in [-0.4, -0.2) is 38.9 Å². The Morgan fingerprint density at radius 3 is 2.89 bits per heavy atom. The second-order valence-corrected chi connectivity index (χ2v) is 8.21. The van der Waals surface area contributed by atoms with Gasteiger partial charge >= 0.3 is 0 Å².